The largest absolute Gasteiger partial charge is 0.489 e. The molecule has 3 nitrogen and oxygen atoms in total. The highest BCUT2D eigenvalue weighted by molar-refractivity contribution is 5.67. The molecule has 3 rings (SSSR count). The number of allylic oxidation sites excluding steroid dienone is 3. The van der Waals surface area contributed by atoms with E-state index in [1.165, 1.54) is 44.1 Å². The minimum absolute atomic E-state index is 0.172. The van der Waals surface area contributed by atoms with Gasteiger partial charge in [-0.1, -0.05) is 18.2 Å². The number of benzene rings is 1. The van der Waals surface area contributed by atoms with Gasteiger partial charge in [0.1, 0.15) is 12.4 Å². The lowest BCUT2D eigenvalue weighted by atomic mass is 9.91. The van der Waals surface area contributed by atoms with E-state index in [1.54, 1.807) is 11.1 Å². The zero-order valence-electron chi connectivity index (χ0n) is 14.2. The lowest BCUT2D eigenvalue weighted by molar-refractivity contribution is -0.136. The number of carbonyl (C=O) groups is 1. The van der Waals surface area contributed by atoms with Crippen LogP contribution in [0.4, 0.5) is 0 Å². The van der Waals surface area contributed by atoms with Crippen molar-refractivity contribution in [1.82, 2.24) is 0 Å². The van der Waals surface area contributed by atoms with E-state index in [2.05, 4.69) is 6.08 Å². The smallest absolute Gasteiger partial charge is 0.303 e. The van der Waals surface area contributed by atoms with Gasteiger partial charge in [-0.3, -0.25) is 4.79 Å². The molecule has 2 aliphatic carbocycles. The Kier molecular flexibility index (Phi) is 5.73. The van der Waals surface area contributed by atoms with Crippen LogP contribution in [0.25, 0.3) is 0 Å². The highest BCUT2D eigenvalue weighted by Crippen LogP contribution is 2.36. The molecule has 0 heterocycles. The Morgan fingerprint density at radius 2 is 1.88 bits per heavy atom. The number of aliphatic carboxylic acids is 1. The quantitative estimate of drug-likeness (QED) is 0.761. The molecule has 3 heteroatoms. The maximum absolute atomic E-state index is 10.6. The predicted octanol–water partition coefficient (Wildman–Crippen LogP) is 5.06. The van der Waals surface area contributed by atoms with Gasteiger partial charge in [0.2, 0.25) is 0 Å². The van der Waals surface area contributed by atoms with Crippen LogP contribution in [0.3, 0.4) is 0 Å². The van der Waals surface area contributed by atoms with Gasteiger partial charge in [-0.05, 0) is 85.8 Å². The first-order valence-electron chi connectivity index (χ1n) is 9.06. The van der Waals surface area contributed by atoms with E-state index in [4.69, 9.17) is 9.84 Å². The Morgan fingerprint density at radius 1 is 1.04 bits per heavy atom. The van der Waals surface area contributed by atoms with Gasteiger partial charge in [0, 0.05) is 6.42 Å². The Bertz CT molecular complexity index is 638. The maximum Gasteiger partial charge on any atom is 0.303 e. The van der Waals surface area contributed by atoms with Gasteiger partial charge in [0.25, 0.3) is 0 Å². The highest BCUT2D eigenvalue weighted by Gasteiger charge is 2.19. The molecule has 0 aromatic heterocycles. The summed E-state index contributed by atoms with van der Waals surface area (Å²) in [5.74, 6) is 0.110. The fourth-order valence-electron chi connectivity index (χ4n) is 3.64. The number of carboxylic acid groups (broad SMARTS) is 1. The topological polar surface area (TPSA) is 46.5 Å². The van der Waals surface area contributed by atoms with Crippen LogP contribution in [-0.4, -0.2) is 17.7 Å². The van der Waals surface area contributed by atoms with E-state index < -0.39 is 5.97 Å². The summed E-state index contributed by atoms with van der Waals surface area (Å²) in [6.45, 7) is 0.682. The van der Waals surface area contributed by atoms with E-state index in [-0.39, 0.29) is 6.42 Å². The Morgan fingerprint density at radius 3 is 2.58 bits per heavy atom. The standard InChI is InChI=1S/C21H26O3/c22-21(23)14-11-16-9-12-19(13-10-16)24-15-18-7-4-8-20(18)17-5-2-1-3-6-17/h5,9-10,12-13H,1-4,6-8,11,14-15H2,(H,22,23). The molecule has 0 spiro atoms. The number of hydrogen-bond acceptors (Lipinski definition) is 2. The summed E-state index contributed by atoms with van der Waals surface area (Å²) in [6, 6.07) is 7.83. The number of ether oxygens (including phenoxy) is 1. The molecule has 0 fully saturated rings. The molecule has 2 aliphatic rings. The Balaban J connectivity index is 1.58. The molecule has 24 heavy (non-hydrogen) atoms. The Hall–Kier alpha value is -2.03. The summed E-state index contributed by atoms with van der Waals surface area (Å²) in [5.41, 5.74) is 5.64. The average molecular weight is 326 g/mol. The fourth-order valence-corrected chi connectivity index (χ4v) is 3.64. The second kappa shape index (κ2) is 8.18. The molecule has 1 aromatic rings. The van der Waals surface area contributed by atoms with Crippen molar-refractivity contribution in [2.24, 2.45) is 0 Å². The first-order chi connectivity index (χ1) is 11.7. The third kappa shape index (κ3) is 4.50. The first-order valence-corrected chi connectivity index (χ1v) is 9.06. The van der Waals surface area contributed by atoms with Crippen molar-refractivity contribution in [2.75, 3.05) is 6.61 Å². The highest BCUT2D eigenvalue weighted by atomic mass is 16.5. The van der Waals surface area contributed by atoms with Crippen molar-refractivity contribution in [2.45, 2.75) is 57.8 Å². The van der Waals surface area contributed by atoms with Crippen LogP contribution in [0.2, 0.25) is 0 Å². The van der Waals surface area contributed by atoms with Gasteiger partial charge in [-0.2, -0.15) is 0 Å². The minimum Gasteiger partial charge on any atom is -0.489 e. The molecule has 1 aromatic carbocycles. The number of rotatable bonds is 7. The average Bonchev–Trinajstić information content (AvgIpc) is 3.08. The van der Waals surface area contributed by atoms with E-state index >= 15 is 0 Å². The van der Waals surface area contributed by atoms with Gasteiger partial charge >= 0.3 is 5.97 Å². The zero-order valence-corrected chi connectivity index (χ0v) is 14.2. The zero-order chi connectivity index (χ0) is 16.8. The SMILES string of the molecule is O=C(O)CCc1ccc(OCC2=C(C3=CCCCC3)CCC2)cc1. The molecule has 0 saturated heterocycles. The van der Waals surface area contributed by atoms with Crippen molar-refractivity contribution >= 4 is 5.97 Å². The third-order valence-corrected chi connectivity index (χ3v) is 4.97. The summed E-state index contributed by atoms with van der Waals surface area (Å²) in [7, 11) is 0. The predicted molar refractivity (Wildman–Crippen MR) is 95.3 cm³/mol. The van der Waals surface area contributed by atoms with Crippen molar-refractivity contribution in [3.8, 4) is 5.75 Å². The van der Waals surface area contributed by atoms with Gasteiger partial charge in [0.15, 0.2) is 0 Å². The molecule has 1 N–H and O–H groups in total. The third-order valence-electron chi connectivity index (χ3n) is 4.97. The van der Waals surface area contributed by atoms with Crippen LogP contribution >= 0.6 is 0 Å². The second-order valence-electron chi connectivity index (χ2n) is 6.74. The fraction of sp³-hybridized carbons (Fsp3) is 0.476. The molecule has 0 unspecified atom stereocenters. The van der Waals surface area contributed by atoms with Crippen LogP contribution in [0, 0.1) is 0 Å². The van der Waals surface area contributed by atoms with Crippen molar-refractivity contribution < 1.29 is 14.6 Å². The molecule has 0 radical (unpaired) electrons. The molecule has 0 saturated carbocycles. The summed E-state index contributed by atoms with van der Waals surface area (Å²) in [5, 5.41) is 8.73. The second-order valence-corrected chi connectivity index (χ2v) is 6.74. The molecule has 0 aliphatic heterocycles. The Labute approximate surface area is 144 Å². The first kappa shape index (κ1) is 16.8. The van der Waals surface area contributed by atoms with Crippen molar-refractivity contribution in [3.05, 3.63) is 52.6 Å². The van der Waals surface area contributed by atoms with Crippen LogP contribution < -0.4 is 4.74 Å². The van der Waals surface area contributed by atoms with Crippen LogP contribution in [0.5, 0.6) is 5.75 Å². The molecule has 0 amide bonds. The maximum atomic E-state index is 10.6. The van der Waals surface area contributed by atoms with E-state index in [1.807, 2.05) is 24.3 Å². The van der Waals surface area contributed by atoms with Gasteiger partial charge in [0.05, 0.1) is 0 Å². The van der Waals surface area contributed by atoms with E-state index in [0.717, 1.165) is 17.7 Å². The monoisotopic (exact) mass is 326 g/mol. The molecular weight excluding hydrogens is 300 g/mol. The normalized spacial score (nSPS) is 17.8. The number of hydrogen-bond donors (Lipinski definition) is 1. The lowest BCUT2D eigenvalue weighted by Crippen LogP contribution is -2.04. The van der Waals surface area contributed by atoms with Gasteiger partial charge in [-0.25, -0.2) is 0 Å². The van der Waals surface area contributed by atoms with Crippen molar-refractivity contribution in [1.29, 1.82) is 0 Å². The van der Waals surface area contributed by atoms with Gasteiger partial charge in [-0.15, -0.1) is 0 Å². The summed E-state index contributed by atoms with van der Waals surface area (Å²) in [4.78, 5) is 10.6. The number of carboxylic acids is 1. The summed E-state index contributed by atoms with van der Waals surface area (Å²) >= 11 is 0. The number of aryl methyl sites for hydroxylation is 1. The van der Waals surface area contributed by atoms with Crippen LogP contribution in [0.1, 0.15) is 56.9 Å². The van der Waals surface area contributed by atoms with E-state index in [0.29, 0.717) is 13.0 Å². The van der Waals surface area contributed by atoms with Gasteiger partial charge < -0.3 is 9.84 Å². The van der Waals surface area contributed by atoms with Crippen LogP contribution in [-0.2, 0) is 11.2 Å². The summed E-state index contributed by atoms with van der Waals surface area (Å²) in [6.07, 6.45) is 11.9. The molecular formula is C21H26O3. The molecule has 0 atom stereocenters. The van der Waals surface area contributed by atoms with Crippen molar-refractivity contribution in [3.63, 3.8) is 0 Å². The van der Waals surface area contributed by atoms with E-state index in [9.17, 15) is 4.79 Å². The van der Waals surface area contributed by atoms with Crippen LogP contribution in [0.15, 0.2) is 47.1 Å². The minimum atomic E-state index is -0.756. The molecule has 0 bridgehead atoms. The lowest BCUT2D eigenvalue weighted by Gasteiger charge is -2.16. The summed E-state index contributed by atoms with van der Waals surface area (Å²) < 4.78 is 5.99. The molecule has 128 valence electrons.